The van der Waals surface area contributed by atoms with E-state index in [0.29, 0.717) is 4.88 Å². The molecule has 2 unspecified atom stereocenters. The van der Waals surface area contributed by atoms with Gasteiger partial charge in [0.15, 0.2) is 0 Å². The first-order valence-corrected chi connectivity index (χ1v) is 6.97. The highest BCUT2D eigenvalue weighted by molar-refractivity contribution is 9.11. The first kappa shape index (κ1) is 13.5. The van der Waals surface area contributed by atoms with Gasteiger partial charge in [0.05, 0.1) is 27.9 Å². The molecule has 1 aliphatic rings. The highest BCUT2D eigenvalue weighted by Crippen LogP contribution is 2.27. The Labute approximate surface area is 116 Å². The van der Waals surface area contributed by atoms with Crippen molar-refractivity contribution in [3.8, 4) is 0 Å². The molecule has 0 radical (unpaired) electrons. The second-order valence-corrected chi connectivity index (χ2v) is 6.50. The number of aliphatic carboxylic acids is 1. The minimum Gasteiger partial charge on any atom is -0.481 e. The lowest BCUT2D eigenvalue weighted by Gasteiger charge is -2.14. The Morgan fingerprint density at radius 3 is 2.83 bits per heavy atom. The van der Waals surface area contributed by atoms with Crippen molar-refractivity contribution in [1.29, 1.82) is 0 Å². The topological polar surface area (TPSA) is 75.6 Å². The second kappa shape index (κ2) is 5.38. The maximum Gasteiger partial charge on any atom is 0.311 e. The number of nitrogens with one attached hydrogen (secondary N) is 1. The molecule has 0 aliphatic carbocycles. The van der Waals surface area contributed by atoms with Gasteiger partial charge in [0.25, 0.3) is 5.91 Å². The number of carbonyl (C=O) groups is 2. The third kappa shape index (κ3) is 2.73. The highest BCUT2D eigenvalue weighted by atomic mass is 79.9. The van der Waals surface area contributed by atoms with E-state index in [9.17, 15) is 9.59 Å². The SMILES string of the molecule is Cc1cc(C(=O)NC2COCC2C(=O)O)sc1Br. The van der Waals surface area contributed by atoms with Crippen LogP contribution >= 0.6 is 27.3 Å². The van der Waals surface area contributed by atoms with Crippen molar-refractivity contribution in [3.63, 3.8) is 0 Å². The lowest BCUT2D eigenvalue weighted by Crippen LogP contribution is -2.42. The minimum absolute atomic E-state index is 0.146. The number of thiophene rings is 1. The standard InChI is InChI=1S/C11H12BrNO4S/c1-5-2-8(18-9(5)12)10(14)13-7-4-17-3-6(7)11(15)16/h2,6-7H,3-4H2,1H3,(H,13,14)(H,15,16). The van der Waals surface area contributed by atoms with E-state index >= 15 is 0 Å². The summed E-state index contributed by atoms with van der Waals surface area (Å²) < 4.78 is 6.00. The number of aryl methyl sites for hydroxylation is 1. The summed E-state index contributed by atoms with van der Waals surface area (Å²) in [5.41, 5.74) is 0.989. The Morgan fingerprint density at radius 2 is 2.28 bits per heavy atom. The van der Waals surface area contributed by atoms with E-state index in [1.807, 2.05) is 6.92 Å². The molecule has 0 aromatic carbocycles. The van der Waals surface area contributed by atoms with E-state index < -0.39 is 17.9 Å². The van der Waals surface area contributed by atoms with E-state index in [1.165, 1.54) is 11.3 Å². The van der Waals surface area contributed by atoms with Crippen LogP contribution < -0.4 is 5.32 Å². The molecule has 2 N–H and O–H groups in total. The molecule has 2 heterocycles. The monoisotopic (exact) mass is 333 g/mol. The highest BCUT2D eigenvalue weighted by Gasteiger charge is 2.35. The van der Waals surface area contributed by atoms with Crippen molar-refractivity contribution in [2.24, 2.45) is 5.92 Å². The average molecular weight is 334 g/mol. The molecule has 98 valence electrons. The van der Waals surface area contributed by atoms with Crippen molar-refractivity contribution >= 4 is 39.1 Å². The quantitative estimate of drug-likeness (QED) is 0.881. The average Bonchev–Trinajstić information content (AvgIpc) is 2.87. The van der Waals surface area contributed by atoms with Crippen LogP contribution in [0.1, 0.15) is 15.2 Å². The molecule has 0 bridgehead atoms. The number of carbonyl (C=O) groups excluding carboxylic acids is 1. The van der Waals surface area contributed by atoms with Gasteiger partial charge < -0.3 is 15.2 Å². The van der Waals surface area contributed by atoms with Gasteiger partial charge >= 0.3 is 5.97 Å². The third-order valence-electron chi connectivity index (χ3n) is 2.80. The maximum absolute atomic E-state index is 12.0. The van der Waals surface area contributed by atoms with Crippen LogP contribution in [0.4, 0.5) is 0 Å². The Hall–Kier alpha value is -0.920. The first-order valence-electron chi connectivity index (χ1n) is 5.36. The Kier molecular flexibility index (Phi) is 4.04. The molecule has 1 aliphatic heterocycles. The lowest BCUT2D eigenvalue weighted by molar-refractivity contribution is -0.142. The van der Waals surface area contributed by atoms with Crippen LogP contribution in [-0.4, -0.2) is 36.2 Å². The number of carboxylic acids is 1. The van der Waals surface area contributed by atoms with Crippen molar-refractivity contribution in [2.75, 3.05) is 13.2 Å². The number of rotatable bonds is 3. The normalized spacial score (nSPS) is 23.0. The van der Waals surface area contributed by atoms with Gasteiger partial charge in [-0.15, -0.1) is 11.3 Å². The summed E-state index contributed by atoms with van der Waals surface area (Å²) >= 11 is 4.68. The zero-order chi connectivity index (χ0) is 13.3. The van der Waals surface area contributed by atoms with Gasteiger partial charge in [0.2, 0.25) is 0 Å². The first-order chi connectivity index (χ1) is 8.49. The fourth-order valence-corrected chi connectivity index (χ4v) is 3.19. The molecular weight excluding hydrogens is 322 g/mol. The number of amides is 1. The lowest BCUT2D eigenvalue weighted by atomic mass is 10.0. The fourth-order valence-electron chi connectivity index (χ4n) is 1.75. The summed E-state index contributed by atoms with van der Waals surface area (Å²) in [5.74, 6) is -1.87. The molecule has 7 heteroatoms. The molecule has 2 rings (SSSR count). The molecule has 1 saturated heterocycles. The summed E-state index contributed by atoms with van der Waals surface area (Å²) in [4.78, 5) is 23.5. The van der Waals surface area contributed by atoms with Crippen molar-refractivity contribution in [1.82, 2.24) is 5.32 Å². The molecule has 5 nitrogen and oxygen atoms in total. The fraction of sp³-hybridized carbons (Fsp3) is 0.455. The Bertz CT molecular complexity index is 468. The molecule has 1 aromatic heterocycles. The summed E-state index contributed by atoms with van der Waals surface area (Å²) in [6.07, 6.45) is 0. The van der Waals surface area contributed by atoms with E-state index in [0.717, 1.165) is 9.35 Å². The van der Waals surface area contributed by atoms with Gasteiger partial charge in [-0.05, 0) is 34.5 Å². The van der Waals surface area contributed by atoms with Crippen molar-refractivity contribution in [3.05, 3.63) is 20.3 Å². The van der Waals surface area contributed by atoms with Gasteiger partial charge in [0, 0.05) is 0 Å². The zero-order valence-electron chi connectivity index (χ0n) is 9.60. The van der Waals surface area contributed by atoms with Crippen molar-refractivity contribution < 1.29 is 19.4 Å². The summed E-state index contributed by atoms with van der Waals surface area (Å²) in [7, 11) is 0. The minimum atomic E-state index is -0.943. The molecule has 2 atom stereocenters. The van der Waals surface area contributed by atoms with Gasteiger partial charge in [0.1, 0.15) is 5.92 Å². The van der Waals surface area contributed by atoms with Crippen LogP contribution in [0.3, 0.4) is 0 Å². The van der Waals surface area contributed by atoms with Crippen LogP contribution in [-0.2, 0) is 9.53 Å². The van der Waals surface area contributed by atoms with E-state index in [1.54, 1.807) is 6.07 Å². The predicted molar refractivity (Wildman–Crippen MR) is 70.0 cm³/mol. The van der Waals surface area contributed by atoms with Gasteiger partial charge in [-0.1, -0.05) is 0 Å². The zero-order valence-corrected chi connectivity index (χ0v) is 12.0. The van der Waals surface area contributed by atoms with Gasteiger partial charge in [-0.2, -0.15) is 0 Å². The molecule has 18 heavy (non-hydrogen) atoms. The molecule has 1 amide bonds. The van der Waals surface area contributed by atoms with Gasteiger partial charge in [-0.25, -0.2) is 0 Å². The smallest absolute Gasteiger partial charge is 0.311 e. The van der Waals surface area contributed by atoms with E-state index in [4.69, 9.17) is 9.84 Å². The number of halogens is 1. The van der Waals surface area contributed by atoms with Gasteiger partial charge in [-0.3, -0.25) is 9.59 Å². The van der Waals surface area contributed by atoms with Crippen LogP contribution in [0.5, 0.6) is 0 Å². The second-order valence-electron chi connectivity index (χ2n) is 4.13. The Morgan fingerprint density at radius 1 is 1.56 bits per heavy atom. The van der Waals surface area contributed by atoms with Crippen LogP contribution in [0.2, 0.25) is 0 Å². The maximum atomic E-state index is 12.0. The molecule has 0 saturated carbocycles. The predicted octanol–water partition coefficient (Wildman–Crippen LogP) is 1.65. The number of ether oxygens (including phenoxy) is 1. The third-order valence-corrected chi connectivity index (χ3v) is 4.93. The van der Waals surface area contributed by atoms with Crippen molar-refractivity contribution in [2.45, 2.75) is 13.0 Å². The van der Waals surface area contributed by atoms with Crippen LogP contribution in [0.25, 0.3) is 0 Å². The van der Waals surface area contributed by atoms with E-state index in [2.05, 4.69) is 21.2 Å². The summed E-state index contributed by atoms with van der Waals surface area (Å²) in [6, 6.07) is 1.31. The summed E-state index contributed by atoms with van der Waals surface area (Å²) in [6.45, 7) is 2.29. The van der Waals surface area contributed by atoms with Crippen LogP contribution in [0.15, 0.2) is 9.85 Å². The number of hydrogen-bond acceptors (Lipinski definition) is 4. The molecular formula is C11H12BrNO4S. The molecule has 1 fully saturated rings. The Balaban J connectivity index is 2.05. The van der Waals surface area contributed by atoms with E-state index in [-0.39, 0.29) is 19.1 Å². The number of hydrogen-bond donors (Lipinski definition) is 2. The largest absolute Gasteiger partial charge is 0.481 e. The van der Waals surface area contributed by atoms with Crippen LogP contribution in [0, 0.1) is 12.8 Å². The molecule has 1 aromatic rings. The number of carboxylic acid groups (broad SMARTS) is 1. The molecule has 0 spiro atoms. The summed E-state index contributed by atoms with van der Waals surface area (Å²) in [5, 5.41) is 11.7.